The van der Waals surface area contributed by atoms with Gasteiger partial charge in [-0.3, -0.25) is 9.59 Å². The molecule has 0 unspecified atom stereocenters. The van der Waals surface area contributed by atoms with Gasteiger partial charge in [-0.25, -0.2) is 8.78 Å². The van der Waals surface area contributed by atoms with E-state index in [9.17, 15) is 18.4 Å². The highest BCUT2D eigenvalue weighted by Gasteiger charge is 2.26. The lowest BCUT2D eigenvalue weighted by molar-refractivity contribution is -0.122. The highest BCUT2D eigenvalue weighted by atomic mass is 19.1. The van der Waals surface area contributed by atoms with Gasteiger partial charge < -0.3 is 21.3 Å². The molecule has 6 nitrogen and oxygen atoms in total. The number of nitrogens with one attached hydrogen (secondary N) is 2. The predicted octanol–water partition coefficient (Wildman–Crippen LogP) is 3.07. The lowest BCUT2D eigenvalue weighted by atomic mass is 9.96. The van der Waals surface area contributed by atoms with Crippen LogP contribution in [0.15, 0.2) is 42.6 Å². The van der Waals surface area contributed by atoms with Gasteiger partial charge in [0.1, 0.15) is 11.6 Å². The van der Waals surface area contributed by atoms with Crippen molar-refractivity contribution < 1.29 is 18.4 Å². The molecule has 0 radical (unpaired) electrons. The van der Waals surface area contributed by atoms with Crippen LogP contribution in [0, 0.1) is 17.6 Å². The summed E-state index contributed by atoms with van der Waals surface area (Å²) in [7, 11) is 0. The summed E-state index contributed by atoms with van der Waals surface area (Å²) in [4.78, 5) is 25.3. The second kappa shape index (κ2) is 7.54. The van der Waals surface area contributed by atoms with Gasteiger partial charge in [-0.2, -0.15) is 0 Å². The number of hydrogen-bond acceptors (Lipinski definition) is 4. The van der Waals surface area contributed by atoms with Crippen LogP contribution in [0.3, 0.4) is 0 Å². The third-order valence-corrected chi connectivity index (χ3v) is 5.33. The molecular formula is C21H20F2N4O2. The number of fused-ring (bicyclic) bond motifs is 1. The molecule has 2 amide bonds. The second-order valence-corrected chi connectivity index (χ2v) is 7.18. The SMILES string of the molecule is NC(=O)C1CCN(c2ccc(NC=C3C(=O)Nc4ccc(F)cc43)cc2F)CC1. The maximum Gasteiger partial charge on any atom is 0.257 e. The number of piperidine rings is 1. The normalized spacial score (nSPS) is 17.9. The van der Waals surface area contributed by atoms with Gasteiger partial charge in [-0.05, 0) is 49.2 Å². The number of nitrogens with zero attached hydrogens (tertiary/aromatic N) is 1. The summed E-state index contributed by atoms with van der Waals surface area (Å²) in [6.45, 7) is 1.12. The largest absolute Gasteiger partial charge is 0.369 e. The summed E-state index contributed by atoms with van der Waals surface area (Å²) in [6.07, 6.45) is 2.64. The van der Waals surface area contributed by atoms with E-state index in [0.717, 1.165) is 0 Å². The van der Waals surface area contributed by atoms with Gasteiger partial charge in [0, 0.05) is 42.1 Å². The topological polar surface area (TPSA) is 87.5 Å². The lowest BCUT2D eigenvalue weighted by Crippen LogP contribution is -2.38. The maximum absolute atomic E-state index is 14.6. The number of rotatable bonds is 4. The molecule has 1 fully saturated rings. The standard InChI is InChI=1S/C21H20F2N4O2/c22-13-1-3-18-15(9-13)16(21(29)26-18)11-25-14-2-4-19(17(23)10-14)27-7-5-12(6-8-27)20(24)28/h1-4,9-12,25H,5-8H2,(H2,24,28)(H,26,29). The zero-order valence-corrected chi connectivity index (χ0v) is 15.5. The highest BCUT2D eigenvalue weighted by molar-refractivity contribution is 6.31. The molecule has 0 bridgehead atoms. The van der Waals surface area contributed by atoms with Crippen molar-refractivity contribution in [2.75, 3.05) is 28.6 Å². The Morgan fingerprint density at radius 3 is 2.62 bits per heavy atom. The number of primary amides is 1. The van der Waals surface area contributed by atoms with Crippen LogP contribution in [0.5, 0.6) is 0 Å². The second-order valence-electron chi connectivity index (χ2n) is 7.18. The molecule has 8 heteroatoms. The first kappa shape index (κ1) is 18.9. The van der Waals surface area contributed by atoms with E-state index in [-0.39, 0.29) is 23.3 Å². The molecule has 0 saturated carbocycles. The lowest BCUT2D eigenvalue weighted by Gasteiger charge is -2.32. The minimum atomic E-state index is -0.443. The molecule has 0 aliphatic carbocycles. The molecule has 2 heterocycles. The molecule has 0 atom stereocenters. The van der Waals surface area contributed by atoms with Gasteiger partial charge in [-0.1, -0.05) is 0 Å². The van der Waals surface area contributed by atoms with Crippen molar-refractivity contribution in [2.24, 2.45) is 11.7 Å². The first-order valence-electron chi connectivity index (χ1n) is 9.34. The average Bonchev–Trinajstić information content (AvgIpc) is 3.01. The molecule has 1 saturated heterocycles. The van der Waals surface area contributed by atoms with Crippen LogP contribution >= 0.6 is 0 Å². The van der Waals surface area contributed by atoms with Crippen molar-refractivity contribution in [3.8, 4) is 0 Å². The Kier molecular flexibility index (Phi) is 4.92. The Labute approximate surface area is 166 Å². The Bertz CT molecular complexity index is 1010. The predicted molar refractivity (Wildman–Crippen MR) is 107 cm³/mol. The number of carbonyl (C=O) groups excluding carboxylic acids is 2. The van der Waals surface area contributed by atoms with E-state index >= 15 is 0 Å². The molecule has 0 spiro atoms. The first-order valence-corrected chi connectivity index (χ1v) is 9.34. The van der Waals surface area contributed by atoms with Crippen LogP contribution in [0.1, 0.15) is 18.4 Å². The zero-order chi connectivity index (χ0) is 20.5. The third kappa shape index (κ3) is 3.78. The van der Waals surface area contributed by atoms with Crippen LogP contribution in [0.25, 0.3) is 5.57 Å². The van der Waals surface area contributed by atoms with Gasteiger partial charge >= 0.3 is 0 Å². The fraction of sp³-hybridized carbons (Fsp3) is 0.238. The van der Waals surface area contributed by atoms with Crippen molar-refractivity contribution in [1.29, 1.82) is 0 Å². The fourth-order valence-electron chi connectivity index (χ4n) is 3.72. The summed E-state index contributed by atoms with van der Waals surface area (Å²) in [5.41, 5.74) is 7.52. The van der Waals surface area contributed by atoms with Crippen molar-refractivity contribution >= 4 is 34.4 Å². The van der Waals surface area contributed by atoms with E-state index in [1.807, 2.05) is 4.90 Å². The van der Waals surface area contributed by atoms with Crippen LogP contribution in [-0.2, 0) is 9.59 Å². The molecule has 29 heavy (non-hydrogen) atoms. The minimum Gasteiger partial charge on any atom is -0.369 e. The van der Waals surface area contributed by atoms with E-state index in [1.165, 1.54) is 30.5 Å². The Morgan fingerprint density at radius 2 is 1.93 bits per heavy atom. The number of carbonyl (C=O) groups is 2. The Balaban J connectivity index is 1.48. The number of benzene rings is 2. The molecule has 0 aromatic heterocycles. The number of hydrogen-bond donors (Lipinski definition) is 3. The summed E-state index contributed by atoms with van der Waals surface area (Å²) in [6, 6.07) is 8.75. The first-order chi connectivity index (χ1) is 13.9. The maximum atomic E-state index is 14.6. The van der Waals surface area contributed by atoms with Crippen molar-refractivity contribution in [2.45, 2.75) is 12.8 Å². The molecule has 2 aliphatic heterocycles. The smallest absolute Gasteiger partial charge is 0.257 e. The van der Waals surface area contributed by atoms with Crippen LogP contribution in [0.4, 0.5) is 25.8 Å². The highest BCUT2D eigenvalue weighted by Crippen LogP contribution is 2.32. The van der Waals surface area contributed by atoms with Crippen molar-refractivity contribution in [1.82, 2.24) is 0 Å². The summed E-state index contributed by atoms with van der Waals surface area (Å²) in [5, 5.41) is 5.56. The van der Waals surface area contributed by atoms with Gasteiger partial charge in [0.2, 0.25) is 5.91 Å². The molecular weight excluding hydrogens is 378 g/mol. The van der Waals surface area contributed by atoms with Crippen LogP contribution in [-0.4, -0.2) is 24.9 Å². The number of amides is 2. The van der Waals surface area contributed by atoms with Gasteiger partial charge in [-0.15, -0.1) is 0 Å². The van der Waals surface area contributed by atoms with E-state index in [0.29, 0.717) is 48.6 Å². The minimum absolute atomic E-state index is 0.160. The zero-order valence-electron chi connectivity index (χ0n) is 15.5. The summed E-state index contributed by atoms with van der Waals surface area (Å²) < 4.78 is 28.1. The quantitative estimate of drug-likeness (QED) is 0.691. The number of anilines is 3. The van der Waals surface area contributed by atoms with Gasteiger partial charge in [0.25, 0.3) is 5.91 Å². The van der Waals surface area contributed by atoms with E-state index in [1.54, 1.807) is 12.1 Å². The van der Waals surface area contributed by atoms with Crippen LogP contribution < -0.4 is 21.3 Å². The molecule has 150 valence electrons. The van der Waals surface area contributed by atoms with Crippen molar-refractivity contribution in [3.63, 3.8) is 0 Å². The van der Waals surface area contributed by atoms with Gasteiger partial charge in [0.05, 0.1) is 11.3 Å². The summed E-state index contributed by atoms with van der Waals surface area (Å²) >= 11 is 0. The van der Waals surface area contributed by atoms with Crippen molar-refractivity contribution in [3.05, 3.63) is 59.8 Å². The Hall–Kier alpha value is -3.42. The number of halogens is 2. The number of nitrogens with two attached hydrogens (primary N) is 1. The van der Waals surface area contributed by atoms with E-state index in [2.05, 4.69) is 10.6 Å². The monoisotopic (exact) mass is 398 g/mol. The molecule has 2 aromatic rings. The van der Waals surface area contributed by atoms with Gasteiger partial charge in [0.15, 0.2) is 0 Å². The fourth-order valence-corrected chi connectivity index (χ4v) is 3.72. The van der Waals surface area contributed by atoms with Crippen LogP contribution in [0.2, 0.25) is 0 Å². The molecule has 2 aliphatic rings. The molecule has 4 rings (SSSR count). The summed E-state index contributed by atoms with van der Waals surface area (Å²) in [5.74, 6) is -1.68. The third-order valence-electron chi connectivity index (χ3n) is 5.33. The Morgan fingerprint density at radius 1 is 1.17 bits per heavy atom. The van der Waals surface area contributed by atoms with E-state index < -0.39 is 11.6 Å². The molecule has 4 N–H and O–H groups in total. The van der Waals surface area contributed by atoms with E-state index in [4.69, 9.17) is 5.73 Å². The average molecular weight is 398 g/mol. The molecule has 2 aromatic carbocycles.